The molecule has 0 bridgehead atoms. The van der Waals surface area contributed by atoms with E-state index in [0.29, 0.717) is 6.04 Å². The molecule has 0 aliphatic heterocycles. The summed E-state index contributed by atoms with van der Waals surface area (Å²) in [6, 6.07) is 6.78. The summed E-state index contributed by atoms with van der Waals surface area (Å²) in [6.07, 6.45) is 2.95. The monoisotopic (exact) mass is 221 g/mol. The lowest BCUT2D eigenvalue weighted by Gasteiger charge is -2.34. The molecule has 3 unspecified atom stereocenters. The maximum atomic E-state index is 6.08. The molecular formula is C13H23N3. The summed E-state index contributed by atoms with van der Waals surface area (Å²) in [5.41, 5.74) is 7.14. The largest absolute Gasteiger partial charge is 0.326 e. The molecule has 1 aromatic heterocycles. The average Bonchev–Trinajstić information content (AvgIpc) is 2.29. The molecule has 1 aromatic rings. The van der Waals surface area contributed by atoms with E-state index >= 15 is 0 Å². The Hall–Kier alpha value is -0.930. The molecule has 1 rings (SSSR count). The summed E-state index contributed by atoms with van der Waals surface area (Å²) in [5.74, 6) is 0. The van der Waals surface area contributed by atoms with Gasteiger partial charge in [-0.25, -0.2) is 0 Å². The number of rotatable bonds is 5. The van der Waals surface area contributed by atoms with Gasteiger partial charge in [0.05, 0.1) is 11.7 Å². The third-order valence-electron chi connectivity index (χ3n) is 3.21. The van der Waals surface area contributed by atoms with Crippen LogP contribution in [0.3, 0.4) is 0 Å². The van der Waals surface area contributed by atoms with Crippen molar-refractivity contribution >= 4 is 0 Å². The molecule has 0 fully saturated rings. The Labute approximate surface area is 98.7 Å². The molecule has 3 nitrogen and oxygen atoms in total. The van der Waals surface area contributed by atoms with Crippen LogP contribution in [-0.2, 0) is 0 Å². The molecule has 0 radical (unpaired) electrons. The zero-order valence-corrected chi connectivity index (χ0v) is 10.7. The van der Waals surface area contributed by atoms with Crippen molar-refractivity contribution in [3.05, 3.63) is 30.1 Å². The van der Waals surface area contributed by atoms with Gasteiger partial charge in [0.2, 0.25) is 0 Å². The molecular weight excluding hydrogens is 198 g/mol. The lowest BCUT2D eigenvalue weighted by Crippen LogP contribution is -2.42. The van der Waals surface area contributed by atoms with E-state index in [4.69, 9.17) is 5.73 Å². The minimum absolute atomic E-state index is 0.0777. The molecule has 0 aromatic carbocycles. The first-order valence-electron chi connectivity index (χ1n) is 5.96. The number of aromatic nitrogens is 1. The third kappa shape index (κ3) is 3.03. The lowest BCUT2D eigenvalue weighted by atomic mass is 10.0. The van der Waals surface area contributed by atoms with Gasteiger partial charge in [0.25, 0.3) is 0 Å². The molecule has 90 valence electrons. The second kappa shape index (κ2) is 5.97. The van der Waals surface area contributed by atoms with E-state index in [1.807, 2.05) is 31.3 Å². The van der Waals surface area contributed by atoms with E-state index in [9.17, 15) is 0 Å². The summed E-state index contributed by atoms with van der Waals surface area (Å²) in [7, 11) is 2.12. The van der Waals surface area contributed by atoms with Gasteiger partial charge in [0, 0.05) is 18.3 Å². The number of hydrogen-bond acceptors (Lipinski definition) is 3. The maximum Gasteiger partial charge on any atom is 0.0670 e. The molecule has 1 heterocycles. The second-order valence-corrected chi connectivity index (χ2v) is 4.48. The SMILES string of the molecule is CCC(C)N(C)C(c1ccccn1)C(C)N. The molecule has 0 amide bonds. The molecule has 2 N–H and O–H groups in total. The van der Waals surface area contributed by atoms with E-state index in [-0.39, 0.29) is 12.1 Å². The molecule has 0 aliphatic rings. The number of nitrogens with zero attached hydrogens (tertiary/aromatic N) is 2. The molecule has 16 heavy (non-hydrogen) atoms. The smallest absolute Gasteiger partial charge is 0.0670 e. The molecule has 0 spiro atoms. The molecule has 3 atom stereocenters. The van der Waals surface area contributed by atoms with E-state index in [0.717, 1.165) is 12.1 Å². The topological polar surface area (TPSA) is 42.2 Å². The summed E-state index contributed by atoms with van der Waals surface area (Å²) in [6.45, 7) is 6.45. The molecule has 0 saturated carbocycles. The van der Waals surface area contributed by atoms with E-state index < -0.39 is 0 Å². The van der Waals surface area contributed by atoms with Crippen LogP contribution in [0.4, 0.5) is 0 Å². The fourth-order valence-corrected chi connectivity index (χ4v) is 1.96. The van der Waals surface area contributed by atoms with Gasteiger partial charge in [-0.15, -0.1) is 0 Å². The maximum absolute atomic E-state index is 6.08. The van der Waals surface area contributed by atoms with Crippen LogP contribution in [0, 0.1) is 0 Å². The van der Waals surface area contributed by atoms with Gasteiger partial charge in [-0.2, -0.15) is 0 Å². The Kier molecular flexibility index (Phi) is 4.90. The first-order valence-corrected chi connectivity index (χ1v) is 5.96. The molecule has 0 saturated heterocycles. The van der Waals surface area contributed by atoms with Crippen molar-refractivity contribution in [1.29, 1.82) is 0 Å². The number of hydrogen-bond donors (Lipinski definition) is 1. The van der Waals surface area contributed by atoms with Crippen molar-refractivity contribution in [3.8, 4) is 0 Å². The molecule has 0 aliphatic carbocycles. The van der Waals surface area contributed by atoms with Gasteiger partial charge in [0.15, 0.2) is 0 Å². The van der Waals surface area contributed by atoms with Crippen LogP contribution in [0.1, 0.15) is 38.9 Å². The van der Waals surface area contributed by atoms with Gasteiger partial charge in [-0.05, 0) is 39.4 Å². The van der Waals surface area contributed by atoms with E-state index in [1.54, 1.807) is 0 Å². The first-order chi connectivity index (χ1) is 7.57. The van der Waals surface area contributed by atoms with Crippen LogP contribution in [-0.4, -0.2) is 29.0 Å². The number of pyridine rings is 1. The normalized spacial score (nSPS) is 17.1. The van der Waals surface area contributed by atoms with Crippen molar-refractivity contribution in [3.63, 3.8) is 0 Å². The average molecular weight is 221 g/mol. The highest BCUT2D eigenvalue weighted by molar-refractivity contribution is 5.11. The van der Waals surface area contributed by atoms with Gasteiger partial charge in [-0.3, -0.25) is 9.88 Å². The zero-order chi connectivity index (χ0) is 12.1. The standard InChI is InChI=1S/C13H23N3/c1-5-10(2)16(4)13(11(3)14)12-8-6-7-9-15-12/h6-11,13H,5,14H2,1-4H3. The second-order valence-electron chi connectivity index (χ2n) is 4.48. The Morgan fingerprint density at radius 3 is 2.50 bits per heavy atom. The summed E-state index contributed by atoms with van der Waals surface area (Å²) in [5, 5.41) is 0. The third-order valence-corrected chi connectivity index (χ3v) is 3.21. The van der Waals surface area contributed by atoms with Gasteiger partial charge in [0.1, 0.15) is 0 Å². The van der Waals surface area contributed by atoms with Crippen molar-refractivity contribution in [2.24, 2.45) is 5.73 Å². The molecule has 3 heteroatoms. The quantitative estimate of drug-likeness (QED) is 0.829. The van der Waals surface area contributed by atoms with E-state index in [1.165, 1.54) is 0 Å². The van der Waals surface area contributed by atoms with Crippen molar-refractivity contribution < 1.29 is 0 Å². The highest BCUT2D eigenvalue weighted by atomic mass is 15.2. The summed E-state index contributed by atoms with van der Waals surface area (Å²) >= 11 is 0. The highest BCUT2D eigenvalue weighted by Crippen LogP contribution is 2.22. The van der Waals surface area contributed by atoms with Crippen LogP contribution < -0.4 is 5.73 Å². The minimum Gasteiger partial charge on any atom is -0.326 e. The van der Waals surface area contributed by atoms with Crippen molar-refractivity contribution in [2.75, 3.05) is 7.05 Å². The predicted octanol–water partition coefficient (Wildman–Crippen LogP) is 2.20. The van der Waals surface area contributed by atoms with Crippen LogP contribution in [0.25, 0.3) is 0 Å². The van der Waals surface area contributed by atoms with Gasteiger partial charge >= 0.3 is 0 Å². The predicted molar refractivity (Wildman–Crippen MR) is 68.1 cm³/mol. The number of nitrogens with two attached hydrogens (primary N) is 1. The summed E-state index contributed by atoms with van der Waals surface area (Å²) < 4.78 is 0. The van der Waals surface area contributed by atoms with Crippen LogP contribution >= 0.6 is 0 Å². The van der Waals surface area contributed by atoms with Crippen molar-refractivity contribution in [2.45, 2.75) is 45.3 Å². The lowest BCUT2D eigenvalue weighted by molar-refractivity contribution is 0.158. The van der Waals surface area contributed by atoms with Gasteiger partial charge < -0.3 is 5.73 Å². The zero-order valence-electron chi connectivity index (χ0n) is 10.7. The Morgan fingerprint density at radius 1 is 1.38 bits per heavy atom. The minimum atomic E-state index is 0.0777. The van der Waals surface area contributed by atoms with Crippen LogP contribution in [0.15, 0.2) is 24.4 Å². The van der Waals surface area contributed by atoms with Crippen molar-refractivity contribution in [1.82, 2.24) is 9.88 Å². The van der Waals surface area contributed by atoms with E-state index in [2.05, 4.69) is 30.8 Å². The number of likely N-dealkylation sites (N-methyl/N-ethyl adjacent to an activating group) is 1. The fourth-order valence-electron chi connectivity index (χ4n) is 1.96. The fraction of sp³-hybridized carbons (Fsp3) is 0.615. The van der Waals surface area contributed by atoms with Crippen LogP contribution in [0.5, 0.6) is 0 Å². The Balaban J connectivity index is 2.92. The van der Waals surface area contributed by atoms with Crippen LogP contribution in [0.2, 0.25) is 0 Å². The highest BCUT2D eigenvalue weighted by Gasteiger charge is 2.24. The summed E-state index contributed by atoms with van der Waals surface area (Å²) in [4.78, 5) is 6.73. The van der Waals surface area contributed by atoms with Gasteiger partial charge in [-0.1, -0.05) is 13.0 Å². The Morgan fingerprint density at radius 2 is 2.06 bits per heavy atom. The first kappa shape index (κ1) is 13.1. The Bertz CT molecular complexity index is 297.